The molecule has 0 unspecified atom stereocenters. The molecule has 0 aromatic heterocycles. The summed E-state index contributed by atoms with van der Waals surface area (Å²) < 4.78 is 0. The largest absolute Gasteiger partial charge is 0.508 e. The average molecular weight is 550 g/mol. The first-order valence-electron chi connectivity index (χ1n) is 12.0. The summed E-state index contributed by atoms with van der Waals surface area (Å²) in [6, 6.07) is 0.705. The van der Waals surface area contributed by atoms with Gasteiger partial charge >= 0.3 is 12.0 Å². The lowest BCUT2D eigenvalue weighted by Gasteiger charge is -2.26. The van der Waals surface area contributed by atoms with E-state index in [1.54, 1.807) is 26.0 Å². The molecule has 214 valence electrons. The average Bonchev–Trinajstić information content (AvgIpc) is 2.81. The lowest BCUT2D eigenvalue weighted by Crippen LogP contribution is -2.58. The molecule has 15 nitrogen and oxygen atoms in total. The van der Waals surface area contributed by atoms with Gasteiger partial charge in [0.25, 0.3) is 0 Å². The highest BCUT2D eigenvalue weighted by Crippen LogP contribution is 2.12. The number of phenols is 1. The molecule has 0 heterocycles. The summed E-state index contributed by atoms with van der Waals surface area (Å²) in [6.45, 7) is 5.95. The normalized spacial score (nSPS) is 14.0. The van der Waals surface area contributed by atoms with E-state index in [0.717, 1.165) is 6.21 Å². The molecule has 6 amide bonds. The maximum atomic E-state index is 13.0. The standard InChI is InChI=1S/C24H35N7O8/c1-12(2)20(30-22(37)18(28-14(4)32)9-15-5-7-17(33)8-6-15)23(38)27-13(3)21(36)29-16(10-19(34)35)11-26-31-24(25)39/h5-8,11-13,16,18,20,33H,9-10H2,1-4H3,(H,27,38)(H,28,32)(H,29,36)(H,30,37)(H,34,35)(H3,25,31,39)/b26-11+/t13-,16-,18-,20-/m0/s1. The van der Waals surface area contributed by atoms with E-state index in [9.17, 15) is 33.9 Å². The number of amides is 6. The molecule has 0 aliphatic carbocycles. The summed E-state index contributed by atoms with van der Waals surface area (Å²) in [5, 5.41) is 32.0. The number of carboxylic acids is 1. The van der Waals surface area contributed by atoms with Crippen molar-refractivity contribution in [1.29, 1.82) is 0 Å². The highest BCUT2D eigenvalue weighted by Gasteiger charge is 2.30. The number of phenolic OH excluding ortho intramolecular Hbond substituents is 1. The Labute approximate surface area is 225 Å². The minimum absolute atomic E-state index is 0.0397. The highest BCUT2D eigenvalue weighted by atomic mass is 16.4. The molecular weight excluding hydrogens is 514 g/mol. The Bertz CT molecular complexity index is 1070. The third-order valence-electron chi connectivity index (χ3n) is 5.22. The van der Waals surface area contributed by atoms with Gasteiger partial charge in [0, 0.05) is 19.6 Å². The monoisotopic (exact) mass is 549 g/mol. The lowest BCUT2D eigenvalue weighted by molar-refractivity contribution is -0.137. The summed E-state index contributed by atoms with van der Waals surface area (Å²) in [5.41, 5.74) is 7.42. The van der Waals surface area contributed by atoms with Crippen LogP contribution in [-0.2, 0) is 30.4 Å². The second kappa shape index (κ2) is 15.5. The number of carbonyl (C=O) groups excluding carboxylic acids is 5. The number of aromatic hydroxyl groups is 1. The number of hydrogen-bond acceptors (Lipinski definition) is 8. The summed E-state index contributed by atoms with van der Waals surface area (Å²) in [6.07, 6.45) is 0.499. The minimum atomic E-state index is -1.26. The van der Waals surface area contributed by atoms with Gasteiger partial charge in [0.1, 0.15) is 23.9 Å². The van der Waals surface area contributed by atoms with E-state index in [0.29, 0.717) is 5.56 Å². The molecule has 0 aliphatic heterocycles. The van der Waals surface area contributed by atoms with E-state index in [4.69, 9.17) is 10.8 Å². The number of benzene rings is 1. The van der Waals surface area contributed by atoms with Crippen molar-refractivity contribution in [1.82, 2.24) is 26.7 Å². The molecule has 1 rings (SSSR count). The van der Waals surface area contributed by atoms with E-state index in [-0.39, 0.29) is 12.2 Å². The van der Waals surface area contributed by atoms with E-state index in [2.05, 4.69) is 26.4 Å². The molecule has 0 spiro atoms. The van der Waals surface area contributed by atoms with Crippen molar-refractivity contribution in [3.63, 3.8) is 0 Å². The smallest absolute Gasteiger partial charge is 0.332 e. The Balaban J connectivity index is 2.91. The number of aliphatic carboxylic acids is 1. The number of rotatable bonds is 14. The molecule has 15 heteroatoms. The zero-order valence-corrected chi connectivity index (χ0v) is 22.1. The summed E-state index contributed by atoms with van der Waals surface area (Å²) in [4.78, 5) is 72.1. The number of nitrogens with one attached hydrogen (secondary N) is 5. The van der Waals surface area contributed by atoms with Crippen LogP contribution < -0.4 is 32.4 Å². The Morgan fingerprint density at radius 3 is 2.05 bits per heavy atom. The lowest BCUT2D eigenvalue weighted by atomic mass is 10.0. The first kappa shape index (κ1) is 32.3. The quantitative estimate of drug-likeness (QED) is 0.102. The van der Waals surface area contributed by atoms with Gasteiger partial charge < -0.3 is 37.2 Å². The zero-order valence-electron chi connectivity index (χ0n) is 22.1. The second-order valence-corrected chi connectivity index (χ2v) is 9.05. The number of carbonyl (C=O) groups is 6. The summed E-state index contributed by atoms with van der Waals surface area (Å²) in [7, 11) is 0. The minimum Gasteiger partial charge on any atom is -0.508 e. The molecule has 1 aromatic rings. The highest BCUT2D eigenvalue weighted by molar-refractivity contribution is 5.95. The fourth-order valence-electron chi connectivity index (χ4n) is 3.31. The molecule has 0 fully saturated rings. The zero-order chi connectivity index (χ0) is 29.7. The fourth-order valence-corrected chi connectivity index (χ4v) is 3.31. The Morgan fingerprint density at radius 1 is 0.923 bits per heavy atom. The Kier molecular flexibility index (Phi) is 12.9. The Morgan fingerprint density at radius 2 is 1.54 bits per heavy atom. The van der Waals surface area contributed by atoms with Crippen LogP contribution in [-0.4, -0.2) is 76.2 Å². The number of primary amides is 1. The first-order valence-corrected chi connectivity index (χ1v) is 12.0. The predicted molar refractivity (Wildman–Crippen MR) is 139 cm³/mol. The van der Waals surface area contributed by atoms with Gasteiger partial charge in [0.15, 0.2) is 0 Å². The van der Waals surface area contributed by atoms with Crippen molar-refractivity contribution in [3.8, 4) is 5.75 Å². The number of carboxylic acid groups (broad SMARTS) is 1. The fraction of sp³-hybridized carbons (Fsp3) is 0.458. The van der Waals surface area contributed by atoms with E-state index in [1.807, 2.05) is 5.43 Å². The van der Waals surface area contributed by atoms with E-state index < -0.39 is 72.1 Å². The van der Waals surface area contributed by atoms with Crippen molar-refractivity contribution in [3.05, 3.63) is 29.8 Å². The van der Waals surface area contributed by atoms with Crippen molar-refractivity contribution in [2.75, 3.05) is 0 Å². The van der Waals surface area contributed by atoms with Crippen LogP contribution in [0.3, 0.4) is 0 Å². The van der Waals surface area contributed by atoms with Gasteiger partial charge in [-0.25, -0.2) is 10.2 Å². The maximum absolute atomic E-state index is 13.0. The third kappa shape index (κ3) is 12.4. The molecule has 0 saturated carbocycles. The van der Waals surface area contributed by atoms with Crippen molar-refractivity contribution >= 4 is 41.8 Å². The molecule has 1 aromatic carbocycles. The molecule has 9 N–H and O–H groups in total. The van der Waals surface area contributed by atoms with E-state index in [1.165, 1.54) is 26.0 Å². The van der Waals surface area contributed by atoms with E-state index >= 15 is 0 Å². The van der Waals surface area contributed by atoms with Crippen molar-refractivity contribution < 1.29 is 39.0 Å². The maximum Gasteiger partial charge on any atom is 0.332 e. The van der Waals surface area contributed by atoms with Crippen LogP contribution in [0.5, 0.6) is 5.75 Å². The van der Waals surface area contributed by atoms with Crippen LogP contribution >= 0.6 is 0 Å². The van der Waals surface area contributed by atoms with Crippen molar-refractivity contribution in [2.45, 2.75) is 64.7 Å². The summed E-state index contributed by atoms with van der Waals surface area (Å²) >= 11 is 0. The predicted octanol–water partition coefficient (Wildman–Crippen LogP) is -1.30. The van der Waals surface area contributed by atoms with Gasteiger partial charge in [-0.1, -0.05) is 26.0 Å². The number of hydrogen-bond donors (Lipinski definition) is 8. The molecule has 0 aliphatic rings. The second-order valence-electron chi connectivity index (χ2n) is 9.05. The van der Waals surface area contributed by atoms with Crippen LogP contribution in [0.4, 0.5) is 4.79 Å². The number of urea groups is 1. The van der Waals surface area contributed by atoms with Gasteiger partial charge in [0.2, 0.25) is 23.6 Å². The molecular formula is C24H35N7O8. The molecule has 39 heavy (non-hydrogen) atoms. The van der Waals surface area contributed by atoms with Crippen LogP contribution in [0.25, 0.3) is 0 Å². The van der Waals surface area contributed by atoms with Gasteiger partial charge in [0.05, 0.1) is 12.5 Å². The van der Waals surface area contributed by atoms with Crippen LogP contribution in [0.1, 0.15) is 39.7 Å². The number of nitrogens with two attached hydrogens (primary N) is 1. The third-order valence-corrected chi connectivity index (χ3v) is 5.22. The Hall–Kier alpha value is -4.69. The van der Waals surface area contributed by atoms with Gasteiger partial charge in [-0.05, 0) is 30.5 Å². The summed E-state index contributed by atoms with van der Waals surface area (Å²) in [5.74, 6) is -4.17. The van der Waals surface area contributed by atoms with Crippen LogP contribution in [0.15, 0.2) is 29.4 Å². The molecule has 0 saturated heterocycles. The van der Waals surface area contributed by atoms with Crippen molar-refractivity contribution in [2.24, 2.45) is 16.8 Å². The SMILES string of the molecule is CC(=O)N[C@@H](Cc1ccc(O)cc1)C(=O)N[C@H](C(=O)N[C@@H](C)C(=O)N[C@H](/C=N/NC(N)=O)CC(=O)O)C(C)C. The van der Waals surface area contributed by atoms with Gasteiger partial charge in [-0.15, -0.1) is 0 Å². The van der Waals surface area contributed by atoms with Gasteiger partial charge in [-0.2, -0.15) is 5.10 Å². The molecule has 0 radical (unpaired) electrons. The topological polar surface area (TPSA) is 241 Å². The number of hydrazone groups is 1. The first-order chi connectivity index (χ1) is 18.2. The molecule has 0 bridgehead atoms. The van der Waals surface area contributed by atoms with Crippen LogP contribution in [0.2, 0.25) is 0 Å². The number of nitrogens with zero attached hydrogens (tertiary/aromatic N) is 1. The molecule has 4 atom stereocenters. The van der Waals surface area contributed by atoms with Gasteiger partial charge in [-0.3, -0.25) is 24.0 Å². The van der Waals surface area contributed by atoms with Crippen LogP contribution in [0, 0.1) is 5.92 Å².